The van der Waals surface area contributed by atoms with Gasteiger partial charge in [-0.25, -0.2) is 9.18 Å². The second-order valence-corrected chi connectivity index (χ2v) is 3.59. The van der Waals surface area contributed by atoms with Crippen molar-refractivity contribution < 1.29 is 19.0 Å². The van der Waals surface area contributed by atoms with Gasteiger partial charge in [-0.2, -0.15) is 0 Å². The molecule has 6 heteroatoms. The van der Waals surface area contributed by atoms with Crippen LogP contribution in [0.3, 0.4) is 0 Å². The van der Waals surface area contributed by atoms with Crippen LogP contribution in [-0.4, -0.2) is 22.7 Å². The maximum atomic E-state index is 13.0. The molecule has 0 aliphatic rings. The summed E-state index contributed by atoms with van der Waals surface area (Å²) in [6.07, 6.45) is 0. The molecule has 2 N–H and O–H groups in total. The molecular weight excluding hydrogens is 241 g/mol. The highest BCUT2D eigenvalue weighted by Crippen LogP contribution is 2.23. The molecule has 1 aromatic carbocycles. The van der Waals surface area contributed by atoms with E-state index in [0.717, 1.165) is 12.1 Å². The zero-order chi connectivity index (χ0) is 13.3. The highest BCUT2D eigenvalue weighted by atomic mass is 19.1. The lowest BCUT2D eigenvalue weighted by Gasteiger charge is -2.07. The van der Waals surface area contributed by atoms with Crippen LogP contribution in [-0.2, 0) is 4.74 Å². The molecule has 0 bridgehead atoms. The highest BCUT2D eigenvalue weighted by Gasteiger charge is 2.19. The van der Waals surface area contributed by atoms with Gasteiger partial charge in [0.2, 0.25) is 0 Å². The van der Waals surface area contributed by atoms with E-state index in [1.54, 1.807) is 6.92 Å². The Labute approximate surface area is 101 Å². The quantitative estimate of drug-likeness (QED) is 0.793. The van der Waals surface area contributed by atoms with Crippen LogP contribution in [0, 0.1) is 5.82 Å². The predicted molar refractivity (Wildman–Crippen MR) is 62.1 cm³/mol. The molecule has 18 heavy (non-hydrogen) atoms. The molecule has 5 nitrogen and oxygen atoms in total. The lowest BCUT2D eigenvalue weighted by molar-refractivity contribution is 0.0525. The number of carbonyl (C=O) groups is 1. The number of hydrogen-bond donors (Lipinski definition) is 2. The Morgan fingerprint density at radius 2 is 2.22 bits per heavy atom. The summed E-state index contributed by atoms with van der Waals surface area (Å²) in [7, 11) is 0. The molecule has 0 unspecified atom stereocenters. The highest BCUT2D eigenvalue weighted by molar-refractivity contribution is 6.05. The number of benzene rings is 1. The number of rotatable bonds is 2. The molecule has 94 valence electrons. The molecule has 0 radical (unpaired) electrons. The third-order valence-corrected chi connectivity index (χ3v) is 2.43. The van der Waals surface area contributed by atoms with Crippen molar-refractivity contribution in [1.29, 1.82) is 0 Å². The van der Waals surface area contributed by atoms with E-state index in [4.69, 9.17) is 4.74 Å². The Bertz CT molecular complexity index is 678. The van der Waals surface area contributed by atoms with Crippen molar-refractivity contribution in [3.8, 4) is 5.75 Å². The van der Waals surface area contributed by atoms with E-state index in [0.29, 0.717) is 0 Å². The Hall–Kier alpha value is -2.37. The van der Waals surface area contributed by atoms with Crippen molar-refractivity contribution in [3.05, 3.63) is 39.9 Å². The summed E-state index contributed by atoms with van der Waals surface area (Å²) in [6, 6.07) is 3.49. The number of aromatic amines is 1. The number of fused-ring (bicyclic) bond motifs is 1. The number of ether oxygens (including phenoxy) is 1. The topological polar surface area (TPSA) is 79.4 Å². The van der Waals surface area contributed by atoms with Gasteiger partial charge in [-0.05, 0) is 25.1 Å². The molecule has 0 saturated carbocycles. The van der Waals surface area contributed by atoms with E-state index in [-0.39, 0.29) is 23.1 Å². The average molecular weight is 251 g/mol. The summed E-state index contributed by atoms with van der Waals surface area (Å²) in [5, 5.41) is 9.85. The summed E-state index contributed by atoms with van der Waals surface area (Å²) in [5.74, 6) is -2.11. The average Bonchev–Trinajstić information content (AvgIpc) is 2.31. The van der Waals surface area contributed by atoms with Crippen LogP contribution in [0.1, 0.15) is 17.3 Å². The second kappa shape index (κ2) is 4.48. The molecule has 0 saturated heterocycles. The molecule has 0 amide bonds. The van der Waals surface area contributed by atoms with Crippen molar-refractivity contribution in [2.45, 2.75) is 6.92 Å². The van der Waals surface area contributed by atoms with Gasteiger partial charge in [-0.3, -0.25) is 4.79 Å². The Kier molecular flexibility index (Phi) is 3.01. The first-order valence-corrected chi connectivity index (χ1v) is 5.26. The summed E-state index contributed by atoms with van der Waals surface area (Å²) < 4.78 is 17.8. The van der Waals surface area contributed by atoms with Gasteiger partial charge in [-0.15, -0.1) is 0 Å². The van der Waals surface area contributed by atoms with Crippen LogP contribution in [0.5, 0.6) is 5.75 Å². The number of nitrogens with one attached hydrogen (secondary N) is 1. The van der Waals surface area contributed by atoms with Crippen molar-refractivity contribution in [3.63, 3.8) is 0 Å². The minimum absolute atomic E-state index is 0.105. The third kappa shape index (κ3) is 1.92. The number of H-pyrrole nitrogens is 1. The van der Waals surface area contributed by atoms with Crippen LogP contribution in [0.2, 0.25) is 0 Å². The normalized spacial score (nSPS) is 10.6. The summed E-state index contributed by atoms with van der Waals surface area (Å²) in [6.45, 7) is 1.71. The molecule has 1 heterocycles. The fourth-order valence-corrected chi connectivity index (χ4v) is 1.67. The number of aromatic hydroxyl groups is 1. The van der Waals surface area contributed by atoms with Crippen LogP contribution >= 0.6 is 0 Å². The van der Waals surface area contributed by atoms with Crippen LogP contribution in [0.4, 0.5) is 4.39 Å². The number of pyridine rings is 1. The van der Waals surface area contributed by atoms with Gasteiger partial charge in [-0.1, -0.05) is 0 Å². The van der Waals surface area contributed by atoms with E-state index < -0.39 is 23.1 Å². The summed E-state index contributed by atoms with van der Waals surface area (Å²) in [4.78, 5) is 25.4. The van der Waals surface area contributed by atoms with Gasteiger partial charge < -0.3 is 14.8 Å². The monoisotopic (exact) mass is 251 g/mol. The lowest BCUT2D eigenvalue weighted by atomic mass is 10.1. The van der Waals surface area contributed by atoms with Gasteiger partial charge in [0.25, 0.3) is 5.56 Å². The minimum atomic E-state index is -0.865. The number of esters is 1. The molecule has 0 atom stereocenters. The number of carbonyl (C=O) groups excluding carboxylic acids is 1. The fraction of sp³-hybridized carbons (Fsp3) is 0.167. The SMILES string of the molecule is CCOC(=O)c1c(O)c(=O)[nH]c2cc(F)ccc12. The minimum Gasteiger partial charge on any atom is -0.502 e. The zero-order valence-electron chi connectivity index (χ0n) is 9.49. The van der Waals surface area contributed by atoms with Crippen LogP contribution in [0.15, 0.2) is 23.0 Å². The van der Waals surface area contributed by atoms with Crippen LogP contribution < -0.4 is 5.56 Å². The van der Waals surface area contributed by atoms with Crippen molar-refractivity contribution in [2.75, 3.05) is 6.61 Å². The second-order valence-electron chi connectivity index (χ2n) is 3.59. The maximum Gasteiger partial charge on any atom is 0.342 e. The van der Waals surface area contributed by atoms with E-state index >= 15 is 0 Å². The first kappa shape index (κ1) is 12.1. The molecule has 2 aromatic rings. The fourth-order valence-electron chi connectivity index (χ4n) is 1.67. The van der Waals surface area contributed by atoms with Gasteiger partial charge in [0.05, 0.1) is 12.1 Å². The molecule has 0 spiro atoms. The van der Waals surface area contributed by atoms with E-state index in [9.17, 15) is 19.1 Å². The zero-order valence-corrected chi connectivity index (χ0v) is 9.49. The van der Waals surface area contributed by atoms with Gasteiger partial charge in [0.1, 0.15) is 11.4 Å². The standard InChI is InChI=1S/C12H10FNO4/c1-2-18-12(17)9-7-4-3-6(13)5-8(7)14-11(16)10(9)15/h3-5,15H,2H2,1H3,(H,14,16). The smallest absolute Gasteiger partial charge is 0.342 e. The van der Waals surface area contributed by atoms with Crippen molar-refractivity contribution in [1.82, 2.24) is 4.98 Å². The van der Waals surface area contributed by atoms with E-state index in [2.05, 4.69) is 4.98 Å². The van der Waals surface area contributed by atoms with E-state index in [1.807, 2.05) is 0 Å². The third-order valence-electron chi connectivity index (χ3n) is 2.43. The Morgan fingerprint density at radius 1 is 1.50 bits per heavy atom. The van der Waals surface area contributed by atoms with Crippen molar-refractivity contribution >= 4 is 16.9 Å². The lowest BCUT2D eigenvalue weighted by Crippen LogP contribution is -2.14. The molecular formula is C12H10FNO4. The summed E-state index contributed by atoms with van der Waals surface area (Å²) in [5.41, 5.74) is -0.993. The first-order chi connectivity index (χ1) is 8.54. The maximum absolute atomic E-state index is 13.0. The van der Waals surface area contributed by atoms with Gasteiger partial charge in [0, 0.05) is 5.39 Å². The number of aromatic nitrogens is 1. The Balaban J connectivity index is 2.80. The molecule has 0 aliphatic carbocycles. The predicted octanol–water partition coefficient (Wildman–Crippen LogP) is 1.55. The largest absolute Gasteiger partial charge is 0.502 e. The Morgan fingerprint density at radius 3 is 2.89 bits per heavy atom. The van der Waals surface area contributed by atoms with E-state index in [1.165, 1.54) is 6.07 Å². The van der Waals surface area contributed by atoms with Crippen LogP contribution in [0.25, 0.3) is 10.9 Å². The first-order valence-electron chi connectivity index (χ1n) is 5.26. The molecule has 0 fully saturated rings. The van der Waals surface area contributed by atoms with Gasteiger partial charge in [0.15, 0.2) is 5.75 Å². The number of hydrogen-bond acceptors (Lipinski definition) is 4. The number of halogens is 1. The summed E-state index contributed by atoms with van der Waals surface area (Å²) >= 11 is 0. The molecule has 1 aromatic heterocycles. The van der Waals surface area contributed by atoms with Gasteiger partial charge >= 0.3 is 5.97 Å². The molecule has 0 aliphatic heterocycles. The van der Waals surface area contributed by atoms with Crippen molar-refractivity contribution in [2.24, 2.45) is 0 Å². The molecule has 2 rings (SSSR count).